The van der Waals surface area contributed by atoms with Crippen molar-refractivity contribution in [2.75, 3.05) is 0 Å². The van der Waals surface area contributed by atoms with Gasteiger partial charge in [-0.3, -0.25) is 9.36 Å². The van der Waals surface area contributed by atoms with E-state index in [-0.39, 0.29) is 12.2 Å². The van der Waals surface area contributed by atoms with E-state index in [1.54, 1.807) is 6.07 Å². The molecule has 1 heterocycles. The highest BCUT2D eigenvalue weighted by atomic mass is 16.1. The summed E-state index contributed by atoms with van der Waals surface area (Å²) in [4.78, 5) is 16.0. The van der Waals surface area contributed by atoms with Gasteiger partial charge in [-0.2, -0.15) is 0 Å². The average molecular weight is 189 g/mol. The summed E-state index contributed by atoms with van der Waals surface area (Å²) in [6.45, 7) is 2.09. The standard InChI is InChI=1S/C10H11N3O/c1-7-3-2-4-8-9(7)12-6-13(5-11)10(8)14/h2-4,6H,5,11H2,1H3. The highest BCUT2D eigenvalue weighted by Gasteiger charge is 2.03. The molecule has 4 heteroatoms. The molecule has 0 spiro atoms. The molecule has 0 amide bonds. The predicted octanol–water partition coefficient (Wildman–Crippen LogP) is 0.621. The molecule has 72 valence electrons. The Morgan fingerprint density at radius 3 is 3.00 bits per heavy atom. The summed E-state index contributed by atoms with van der Waals surface area (Å²) in [7, 11) is 0. The molecule has 4 nitrogen and oxygen atoms in total. The number of benzene rings is 1. The normalized spacial score (nSPS) is 10.7. The molecule has 1 aromatic heterocycles. The highest BCUT2D eigenvalue weighted by molar-refractivity contribution is 5.80. The van der Waals surface area contributed by atoms with Crippen LogP contribution in [0.25, 0.3) is 10.9 Å². The van der Waals surface area contributed by atoms with Gasteiger partial charge in [0.05, 0.1) is 23.9 Å². The number of aryl methyl sites for hydroxylation is 1. The monoisotopic (exact) mass is 189 g/mol. The number of aromatic nitrogens is 2. The molecule has 0 radical (unpaired) electrons. The van der Waals surface area contributed by atoms with Gasteiger partial charge in [0, 0.05) is 0 Å². The van der Waals surface area contributed by atoms with Gasteiger partial charge < -0.3 is 5.73 Å². The van der Waals surface area contributed by atoms with Crippen LogP contribution in [0.15, 0.2) is 29.3 Å². The molecular weight excluding hydrogens is 178 g/mol. The minimum Gasteiger partial charge on any atom is -0.313 e. The summed E-state index contributed by atoms with van der Waals surface area (Å²) in [5, 5.41) is 0.623. The molecule has 1 aromatic carbocycles. The molecule has 0 aliphatic rings. The molecular formula is C10H11N3O. The van der Waals surface area contributed by atoms with E-state index in [9.17, 15) is 4.79 Å². The lowest BCUT2D eigenvalue weighted by Crippen LogP contribution is -2.24. The van der Waals surface area contributed by atoms with Crippen molar-refractivity contribution in [2.45, 2.75) is 13.6 Å². The van der Waals surface area contributed by atoms with Gasteiger partial charge in [0.2, 0.25) is 0 Å². The van der Waals surface area contributed by atoms with Crippen LogP contribution in [0.4, 0.5) is 0 Å². The first-order chi connectivity index (χ1) is 6.74. The fourth-order valence-electron chi connectivity index (χ4n) is 1.47. The molecule has 0 unspecified atom stereocenters. The third-order valence-corrected chi connectivity index (χ3v) is 2.25. The van der Waals surface area contributed by atoms with Crippen LogP contribution in [-0.2, 0) is 6.67 Å². The number of nitrogens with zero attached hydrogens (tertiary/aromatic N) is 2. The topological polar surface area (TPSA) is 60.9 Å². The van der Waals surface area contributed by atoms with E-state index in [1.165, 1.54) is 10.9 Å². The number of para-hydroxylation sites is 1. The van der Waals surface area contributed by atoms with Crippen molar-refractivity contribution in [3.8, 4) is 0 Å². The summed E-state index contributed by atoms with van der Waals surface area (Å²) >= 11 is 0. The molecule has 2 aromatic rings. The molecule has 2 N–H and O–H groups in total. The minimum absolute atomic E-state index is 0.0822. The zero-order valence-corrected chi connectivity index (χ0v) is 7.90. The van der Waals surface area contributed by atoms with Crippen molar-refractivity contribution < 1.29 is 0 Å². The van der Waals surface area contributed by atoms with E-state index in [0.717, 1.165) is 11.1 Å². The van der Waals surface area contributed by atoms with Gasteiger partial charge in [0.1, 0.15) is 0 Å². The zero-order valence-electron chi connectivity index (χ0n) is 7.90. The number of rotatable bonds is 1. The van der Waals surface area contributed by atoms with Gasteiger partial charge in [-0.1, -0.05) is 12.1 Å². The third kappa shape index (κ3) is 1.20. The van der Waals surface area contributed by atoms with E-state index in [1.807, 2.05) is 19.1 Å². The molecule has 0 saturated carbocycles. The van der Waals surface area contributed by atoms with Gasteiger partial charge in [0.15, 0.2) is 0 Å². The van der Waals surface area contributed by atoms with Crippen LogP contribution in [0.3, 0.4) is 0 Å². The van der Waals surface area contributed by atoms with Crippen LogP contribution in [0.2, 0.25) is 0 Å². The maximum Gasteiger partial charge on any atom is 0.262 e. The van der Waals surface area contributed by atoms with Crippen molar-refractivity contribution in [2.24, 2.45) is 5.73 Å². The highest BCUT2D eigenvalue weighted by Crippen LogP contribution is 2.10. The quantitative estimate of drug-likeness (QED) is 0.715. The second kappa shape index (κ2) is 3.23. The van der Waals surface area contributed by atoms with Crippen molar-refractivity contribution >= 4 is 10.9 Å². The first-order valence-electron chi connectivity index (χ1n) is 4.39. The van der Waals surface area contributed by atoms with Gasteiger partial charge in [-0.25, -0.2) is 4.98 Å². The predicted molar refractivity (Wildman–Crippen MR) is 54.9 cm³/mol. The Kier molecular flexibility index (Phi) is 2.05. The van der Waals surface area contributed by atoms with Gasteiger partial charge in [-0.15, -0.1) is 0 Å². The van der Waals surface area contributed by atoms with E-state index in [4.69, 9.17) is 5.73 Å². The van der Waals surface area contributed by atoms with Crippen molar-refractivity contribution in [1.29, 1.82) is 0 Å². The Morgan fingerprint density at radius 1 is 1.50 bits per heavy atom. The van der Waals surface area contributed by atoms with Crippen molar-refractivity contribution in [3.63, 3.8) is 0 Å². The fraction of sp³-hybridized carbons (Fsp3) is 0.200. The molecule has 0 aliphatic heterocycles. The van der Waals surface area contributed by atoms with Crippen molar-refractivity contribution in [3.05, 3.63) is 40.4 Å². The Hall–Kier alpha value is -1.68. The van der Waals surface area contributed by atoms with Crippen LogP contribution in [0, 0.1) is 6.92 Å². The zero-order chi connectivity index (χ0) is 10.1. The Labute approximate surface area is 81.0 Å². The summed E-state index contributed by atoms with van der Waals surface area (Å²) in [5.41, 5.74) is 7.08. The largest absolute Gasteiger partial charge is 0.313 e. The summed E-state index contributed by atoms with van der Waals surface area (Å²) in [5.74, 6) is 0. The van der Waals surface area contributed by atoms with E-state index >= 15 is 0 Å². The average Bonchev–Trinajstić information content (AvgIpc) is 2.20. The third-order valence-electron chi connectivity index (χ3n) is 2.25. The van der Waals surface area contributed by atoms with Crippen LogP contribution < -0.4 is 11.3 Å². The van der Waals surface area contributed by atoms with Crippen LogP contribution in [0.1, 0.15) is 5.56 Å². The van der Waals surface area contributed by atoms with Crippen LogP contribution in [0.5, 0.6) is 0 Å². The Bertz CT molecular complexity index is 530. The number of nitrogens with two attached hydrogens (primary N) is 1. The maximum atomic E-state index is 11.8. The molecule has 0 saturated heterocycles. The SMILES string of the molecule is Cc1cccc2c(=O)n(CN)cnc12. The Morgan fingerprint density at radius 2 is 2.29 bits per heavy atom. The molecule has 0 bridgehead atoms. The maximum absolute atomic E-state index is 11.8. The first-order valence-corrected chi connectivity index (χ1v) is 4.39. The number of hydrogen-bond acceptors (Lipinski definition) is 3. The summed E-state index contributed by atoms with van der Waals surface area (Å²) in [6.07, 6.45) is 1.48. The van der Waals surface area contributed by atoms with E-state index < -0.39 is 0 Å². The lowest BCUT2D eigenvalue weighted by Gasteiger charge is -2.04. The lowest BCUT2D eigenvalue weighted by molar-refractivity contribution is 0.692. The second-order valence-electron chi connectivity index (χ2n) is 3.17. The van der Waals surface area contributed by atoms with E-state index in [2.05, 4.69) is 4.98 Å². The van der Waals surface area contributed by atoms with Crippen LogP contribution in [-0.4, -0.2) is 9.55 Å². The molecule has 2 rings (SSSR count). The number of hydrogen-bond donors (Lipinski definition) is 1. The first kappa shape index (κ1) is 8.90. The number of fused-ring (bicyclic) bond motifs is 1. The molecule has 0 atom stereocenters. The fourth-order valence-corrected chi connectivity index (χ4v) is 1.47. The van der Waals surface area contributed by atoms with Crippen LogP contribution >= 0.6 is 0 Å². The molecule has 14 heavy (non-hydrogen) atoms. The van der Waals surface area contributed by atoms with Gasteiger partial charge >= 0.3 is 0 Å². The molecule has 0 fully saturated rings. The summed E-state index contributed by atoms with van der Waals surface area (Å²) < 4.78 is 1.39. The van der Waals surface area contributed by atoms with Crippen molar-refractivity contribution in [1.82, 2.24) is 9.55 Å². The minimum atomic E-state index is -0.0822. The molecule has 0 aliphatic carbocycles. The smallest absolute Gasteiger partial charge is 0.262 e. The van der Waals surface area contributed by atoms with Gasteiger partial charge in [0.25, 0.3) is 5.56 Å². The Balaban J connectivity index is 2.91. The lowest BCUT2D eigenvalue weighted by atomic mass is 10.1. The van der Waals surface area contributed by atoms with Gasteiger partial charge in [-0.05, 0) is 18.6 Å². The summed E-state index contributed by atoms with van der Waals surface area (Å²) in [6, 6.07) is 5.55. The van der Waals surface area contributed by atoms with E-state index in [0.29, 0.717) is 5.39 Å². The second-order valence-corrected chi connectivity index (χ2v) is 3.17.